The van der Waals surface area contributed by atoms with Gasteiger partial charge in [0, 0.05) is 30.6 Å². The van der Waals surface area contributed by atoms with Crippen LogP contribution in [0, 0.1) is 12.8 Å². The molecule has 0 aromatic heterocycles. The zero-order chi connectivity index (χ0) is 28.2. The second-order valence-electron chi connectivity index (χ2n) is 9.96. The molecule has 0 radical (unpaired) electrons. The Kier molecular flexibility index (Phi) is 12.0. The summed E-state index contributed by atoms with van der Waals surface area (Å²) >= 11 is 6.09. The molecule has 3 rings (SSSR count). The van der Waals surface area contributed by atoms with Crippen LogP contribution in [0.4, 0.5) is 5.69 Å². The molecule has 0 heterocycles. The quantitative estimate of drug-likeness (QED) is 0.202. The maximum Gasteiger partial charge on any atom is 0.303 e. The van der Waals surface area contributed by atoms with Gasteiger partial charge in [0.2, 0.25) is 0 Å². The fourth-order valence-electron chi connectivity index (χ4n) is 4.91. The summed E-state index contributed by atoms with van der Waals surface area (Å²) in [5, 5.41) is 12.4. The van der Waals surface area contributed by atoms with E-state index in [4.69, 9.17) is 31.4 Å². The number of rotatable bonds is 13. The van der Waals surface area contributed by atoms with Crippen molar-refractivity contribution >= 4 is 40.9 Å². The van der Waals surface area contributed by atoms with E-state index in [1.54, 1.807) is 13.3 Å². The Bertz CT molecular complexity index is 1210. The average Bonchev–Trinajstić information content (AvgIpc) is 2.94. The highest BCUT2D eigenvalue weighted by Gasteiger charge is 2.24. The lowest BCUT2D eigenvalue weighted by atomic mass is 9.77. The van der Waals surface area contributed by atoms with Gasteiger partial charge in [-0.05, 0) is 92.0 Å². The topological polar surface area (TPSA) is 83.3 Å². The van der Waals surface area contributed by atoms with Crippen molar-refractivity contribution in [1.82, 2.24) is 5.32 Å². The number of hydrogen-bond donors (Lipinski definition) is 2. The number of methoxy groups -OCH3 is 1. The minimum Gasteiger partial charge on any atom is -0.497 e. The van der Waals surface area contributed by atoms with Crippen molar-refractivity contribution < 1.29 is 14.6 Å². The number of aryl methyl sites for hydroxylation is 1. The van der Waals surface area contributed by atoms with Gasteiger partial charge in [-0.1, -0.05) is 37.8 Å². The molecule has 0 aliphatic heterocycles. The van der Waals surface area contributed by atoms with Crippen molar-refractivity contribution in [3.63, 3.8) is 0 Å². The first kappa shape index (κ1) is 30.3. The van der Waals surface area contributed by atoms with E-state index in [2.05, 4.69) is 43.1 Å². The van der Waals surface area contributed by atoms with Gasteiger partial charge >= 0.3 is 5.97 Å². The Morgan fingerprint density at radius 2 is 1.90 bits per heavy atom. The zero-order valence-corrected chi connectivity index (χ0v) is 24.0. The van der Waals surface area contributed by atoms with Crippen LogP contribution in [0.3, 0.4) is 0 Å². The number of benzene rings is 2. The number of aliphatic imine (C=N–C) groups is 2. The minimum atomic E-state index is -0.694. The number of carboxylic acid groups (broad SMARTS) is 1. The molecular weight excluding hydrogens is 510 g/mol. The maximum absolute atomic E-state index is 11.0. The van der Waals surface area contributed by atoms with E-state index in [1.165, 1.54) is 5.56 Å². The molecule has 1 fully saturated rings. The number of nitrogens with zero attached hydrogens (tertiary/aromatic N) is 2. The number of hydrogen-bond acceptors (Lipinski definition) is 5. The smallest absolute Gasteiger partial charge is 0.303 e. The standard InChI is InChI=1S/C32H40ClN3O3/c1-5-34-21-31(36-29-15-14-28(39-4)18-22(29)2)23(3)20-35-30(16-17-33)27-12-10-26(11-13-27)25-8-6-24(7-9-25)19-32(37)38/h10-16,18,20,24-25,34H,3,5-9,17,19,21H2,1-2,4H3,(H,37,38). The molecule has 0 saturated heterocycles. The first-order valence-electron chi connectivity index (χ1n) is 13.6. The van der Waals surface area contributed by atoms with Crippen molar-refractivity contribution in [3.8, 4) is 5.75 Å². The zero-order valence-electron chi connectivity index (χ0n) is 23.3. The molecule has 208 valence electrons. The van der Waals surface area contributed by atoms with E-state index in [0.29, 0.717) is 24.3 Å². The molecular formula is C32H40ClN3O3. The Morgan fingerprint density at radius 1 is 1.18 bits per heavy atom. The van der Waals surface area contributed by atoms with Crippen molar-refractivity contribution in [2.75, 3.05) is 26.1 Å². The Balaban J connectivity index is 1.74. The van der Waals surface area contributed by atoms with Crippen molar-refractivity contribution in [1.29, 1.82) is 0 Å². The SMILES string of the molecule is C=C(C=NC(=CCCl)c1ccc(C2CCC(CC(=O)O)CC2)cc1)C(CNCC)=Nc1ccc(OC)cc1C. The molecule has 2 N–H and O–H groups in total. The van der Waals surface area contributed by atoms with E-state index in [0.717, 1.165) is 71.8 Å². The first-order chi connectivity index (χ1) is 18.8. The van der Waals surface area contributed by atoms with Gasteiger partial charge in [-0.15, -0.1) is 11.6 Å². The summed E-state index contributed by atoms with van der Waals surface area (Å²) in [5.41, 5.74) is 6.48. The van der Waals surface area contributed by atoms with Crippen LogP contribution in [-0.4, -0.2) is 49.1 Å². The summed E-state index contributed by atoms with van der Waals surface area (Å²) < 4.78 is 5.32. The molecule has 0 bridgehead atoms. The summed E-state index contributed by atoms with van der Waals surface area (Å²) in [6.07, 6.45) is 7.92. The van der Waals surface area contributed by atoms with Gasteiger partial charge in [0.25, 0.3) is 0 Å². The van der Waals surface area contributed by atoms with E-state index in [1.807, 2.05) is 31.2 Å². The van der Waals surface area contributed by atoms with Gasteiger partial charge in [0.05, 0.1) is 24.2 Å². The van der Waals surface area contributed by atoms with Crippen LogP contribution in [0.1, 0.15) is 61.6 Å². The van der Waals surface area contributed by atoms with Gasteiger partial charge in [0.1, 0.15) is 5.75 Å². The normalized spacial score (nSPS) is 18.4. The fourth-order valence-corrected chi connectivity index (χ4v) is 5.05. The third-order valence-electron chi connectivity index (χ3n) is 7.19. The van der Waals surface area contributed by atoms with Gasteiger partial charge < -0.3 is 15.2 Å². The molecule has 2 aromatic carbocycles. The van der Waals surface area contributed by atoms with Gasteiger partial charge in [0.15, 0.2) is 0 Å². The summed E-state index contributed by atoms with van der Waals surface area (Å²) in [6.45, 7) is 9.71. The Labute approximate surface area is 237 Å². The molecule has 1 saturated carbocycles. The summed E-state index contributed by atoms with van der Waals surface area (Å²) in [7, 11) is 1.65. The monoisotopic (exact) mass is 549 g/mol. The van der Waals surface area contributed by atoms with Crippen molar-refractivity contribution in [3.05, 3.63) is 77.4 Å². The lowest BCUT2D eigenvalue weighted by Crippen LogP contribution is -2.24. The number of allylic oxidation sites excluding steroid dienone is 1. The predicted molar refractivity (Wildman–Crippen MR) is 163 cm³/mol. The number of carbonyl (C=O) groups is 1. The molecule has 39 heavy (non-hydrogen) atoms. The minimum absolute atomic E-state index is 0.280. The average molecular weight is 550 g/mol. The molecule has 7 heteroatoms. The summed E-state index contributed by atoms with van der Waals surface area (Å²) in [6, 6.07) is 14.3. The van der Waals surface area contributed by atoms with E-state index in [-0.39, 0.29) is 6.42 Å². The fraction of sp³-hybridized carbons (Fsp3) is 0.406. The summed E-state index contributed by atoms with van der Waals surface area (Å²) in [4.78, 5) is 20.7. The van der Waals surface area contributed by atoms with Crippen LogP contribution in [0.15, 0.2) is 70.7 Å². The number of carboxylic acids is 1. The molecule has 6 nitrogen and oxygen atoms in total. The van der Waals surface area contributed by atoms with Crippen LogP contribution in [0.2, 0.25) is 0 Å². The Morgan fingerprint density at radius 3 is 2.49 bits per heavy atom. The van der Waals surface area contributed by atoms with Crippen molar-refractivity contribution in [2.24, 2.45) is 15.9 Å². The van der Waals surface area contributed by atoms with Crippen LogP contribution in [0.5, 0.6) is 5.75 Å². The molecule has 0 amide bonds. The van der Waals surface area contributed by atoms with E-state index < -0.39 is 5.97 Å². The summed E-state index contributed by atoms with van der Waals surface area (Å²) in [5.74, 6) is 1.22. The third-order valence-corrected chi connectivity index (χ3v) is 7.34. The molecule has 1 aliphatic carbocycles. The van der Waals surface area contributed by atoms with Gasteiger partial charge in [-0.3, -0.25) is 14.8 Å². The molecule has 2 aromatic rings. The van der Waals surface area contributed by atoms with Crippen LogP contribution < -0.4 is 10.1 Å². The lowest BCUT2D eigenvalue weighted by Gasteiger charge is -2.28. The number of halogens is 1. The Hall–Kier alpha value is -3.22. The van der Waals surface area contributed by atoms with Crippen LogP contribution >= 0.6 is 11.6 Å². The molecule has 0 atom stereocenters. The second-order valence-corrected chi connectivity index (χ2v) is 10.3. The highest BCUT2D eigenvalue weighted by molar-refractivity contribution is 6.20. The van der Waals surface area contributed by atoms with Gasteiger partial charge in [-0.25, -0.2) is 0 Å². The first-order valence-corrected chi connectivity index (χ1v) is 14.1. The number of alkyl halides is 1. The molecule has 0 spiro atoms. The molecule has 0 unspecified atom stereocenters. The second kappa shape index (κ2) is 15.4. The van der Waals surface area contributed by atoms with E-state index in [9.17, 15) is 4.79 Å². The maximum atomic E-state index is 11.0. The van der Waals surface area contributed by atoms with Crippen LogP contribution in [0.25, 0.3) is 5.70 Å². The largest absolute Gasteiger partial charge is 0.497 e. The molecule has 1 aliphatic rings. The lowest BCUT2D eigenvalue weighted by molar-refractivity contribution is -0.138. The number of aliphatic carboxylic acids is 1. The highest BCUT2D eigenvalue weighted by Crippen LogP contribution is 2.37. The predicted octanol–water partition coefficient (Wildman–Crippen LogP) is 7.34. The van der Waals surface area contributed by atoms with Crippen molar-refractivity contribution in [2.45, 2.75) is 51.9 Å². The van der Waals surface area contributed by atoms with Gasteiger partial charge in [-0.2, -0.15) is 0 Å². The number of ether oxygens (including phenoxy) is 1. The number of nitrogens with one attached hydrogen (secondary N) is 1. The van der Waals surface area contributed by atoms with Crippen LogP contribution in [-0.2, 0) is 4.79 Å². The van der Waals surface area contributed by atoms with E-state index >= 15 is 0 Å². The third kappa shape index (κ3) is 9.19. The highest BCUT2D eigenvalue weighted by atomic mass is 35.5.